The zero-order chi connectivity index (χ0) is 15.4. The van der Waals surface area contributed by atoms with E-state index in [2.05, 4.69) is 11.4 Å². The van der Waals surface area contributed by atoms with Crippen molar-refractivity contribution in [2.75, 3.05) is 14.2 Å². The van der Waals surface area contributed by atoms with Crippen molar-refractivity contribution in [3.63, 3.8) is 0 Å². The van der Waals surface area contributed by atoms with E-state index in [1.54, 1.807) is 13.2 Å². The van der Waals surface area contributed by atoms with Gasteiger partial charge in [0, 0.05) is 16.6 Å². The summed E-state index contributed by atoms with van der Waals surface area (Å²) < 4.78 is 18.6. The number of ether oxygens (including phenoxy) is 1. The Labute approximate surface area is 129 Å². The highest BCUT2D eigenvalue weighted by Crippen LogP contribution is 2.30. The second kappa shape index (κ2) is 6.92. The van der Waals surface area contributed by atoms with Gasteiger partial charge in [0.05, 0.1) is 7.11 Å². The molecule has 0 radical (unpaired) electrons. The van der Waals surface area contributed by atoms with Gasteiger partial charge in [0.1, 0.15) is 11.6 Å². The van der Waals surface area contributed by atoms with Gasteiger partial charge in [-0.3, -0.25) is 0 Å². The Hall–Kier alpha value is -1.58. The first kappa shape index (κ1) is 15.8. The highest BCUT2D eigenvalue weighted by Gasteiger charge is 2.17. The molecule has 0 fully saturated rings. The van der Waals surface area contributed by atoms with Crippen molar-refractivity contribution in [3.05, 3.63) is 63.9 Å². The number of halogens is 2. The smallest absolute Gasteiger partial charge is 0.124 e. The van der Waals surface area contributed by atoms with Crippen molar-refractivity contribution in [3.8, 4) is 5.75 Å². The van der Waals surface area contributed by atoms with Crippen LogP contribution in [0.4, 0.5) is 4.39 Å². The van der Waals surface area contributed by atoms with Crippen molar-refractivity contribution in [2.24, 2.45) is 0 Å². The molecule has 112 valence electrons. The predicted octanol–water partition coefficient (Wildman–Crippen LogP) is 4.30. The Morgan fingerprint density at radius 3 is 2.62 bits per heavy atom. The van der Waals surface area contributed by atoms with Gasteiger partial charge < -0.3 is 10.1 Å². The molecule has 4 heteroatoms. The molecule has 0 aliphatic heterocycles. The highest BCUT2D eigenvalue weighted by atomic mass is 35.5. The molecule has 0 aromatic heterocycles. The Morgan fingerprint density at radius 1 is 1.24 bits per heavy atom. The number of hydrogen-bond donors (Lipinski definition) is 1. The van der Waals surface area contributed by atoms with Crippen molar-refractivity contribution >= 4 is 11.6 Å². The fourth-order valence-electron chi connectivity index (χ4n) is 2.40. The number of hydrogen-bond acceptors (Lipinski definition) is 2. The van der Waals surface area contributed by atoms with Crippen LogP contribution in [-0.2, 0) is 6.42 Å². The Morgan fingerprint density at radius 2 is 2.00 bits per heavy atom. The Balaban J connectivity index is 2.34. The zero-order valence-electron chi connectivity index (χ0n) is 12.4. The molecule has 2 aromatic rings. The van der Waals surface area contributed by atoms with Gasteiger partial charge in [-0.25, -0.2) is 4.39 Å². The standard InChI is InChI=1S/C17H19ClFNO/c1-11-4-7-17(21-3)14(8-11)16(20-2)9-12-5-6-13(19)10-15(12)18/h4-8,10,16,20H,9H2,1-3H3. The zero-order valence-corrected chi connectivity index (χ0v) is 13.2. The fourth-order valence-corrected chi connectivity index (χ4v) is 2.65. The van der Waals surface area contributed by atoms with E-state index in [1.165, 1.54) is 12.1 Å². The van der Waals surface area contributed by atoms with E-state index in [1.807, 2.05) is 26.1 Å². The summed E-state index contributed by atoms with van der Waals surface area (Å²) in [4.78, 5) is 0. The summed E-state index contributed by atoms with van der Waals surface area (Å²) in [6, 6.07) is 10.6. The van der Waals surface area contributed by atoms with Crippen molar-refractivity contribution in [2.45, 2.75) is 19.4 Å². The molecule has 0 bridgehead atoms. The molecule has 0 aliphatic rings. The molecule has 2 aromatic carbocycles. The molecule has 0 saturated heterocycles. The number of methoxy groups -OCH3 is 1. The Bertz CT molecular complexity index is 630. The fraction of sp³-hybridized carbons (Fsp3) is 0.294. The van der Waals surface area contributed by atoms with E-state index >= 15 is 0 Å². The Kier molecular flexibility index (Phi) is 5.21. The lowest BCUT2D eigenvalue weighted by molar-refractivity contribution is 0.401. The molecule has 0 amide bonds. The van der Waals surface area contributed by atoms with Crippen LogP contribution in [0.2, 0.25) is 5.02 Å². The number of benzene rings is 2. The quantitative estimate of drug-likeness (QED) is 0.889. The van der Waals surface area contributed by atoms with E-state index < -0.39 is 0 Å². The monoisotopic (exact) mass is 307 g/mol. The van der Waals surface area contributed by atoms with E-state index in [9.17, 15) is 4.39 Å². The molecular formula is C17H19ClFNO. The maximum Gasteiger partial charge on any atom is 0.124 e. The minimum Gasteiger partial charge on any atom is -0.496 e. The minimum absolute atomic E-state index is 0.0443. The van der Waals surface area contributed by atoms with Gasteiger partial charge in [-0.05, 0) is 44.2 Å². The maximum atomic E-state index is 13.1. The van der Waals surface area contributed by atoms with Crippen LogP contribution in [0.25, 0.3) is 0 Å². The molecule has 21 heavy (non-hydrogen) atoms. The van der Waals surface area contributed by atoms with Crippen molar-refractivity contribution in [1.29, 1.82) is 0 Å². The molecule has 1 atom stereocenters. The van der Waals surface area contributed by atoms with Crippen LogP contribution in [0.1, 0.15) is 22.7 Å². The molecular weight excluding hydrogens is 289 g/mol. The first-order valence-corrected chi connectivity index (χ1v) is 7.18. The highest BCUT2D eigenvalue weighted by molar-refractivity contribution is 6.31. The number of likely N-dealkylation sites (N-methyl/N-ethyl adjacent to an activating group) is 1. The van der Waals surface area contributed by atoms with Gasteiger partial charge in [0.15, 0.2) is 0 Å². The maximum absolute atomic E-state index is 13.1. The molecule has 1 unspecified atom stereocenters. The lowest BCUT2D eigenvalue weighted by atomic mass is 9.96. The molecule has 0 heterocycles. The van der Waals surface area contributed by atoms with Gasteiger partial charge >= 0.3 is 0 Å². The summed E-state index contributed by atoms with van der Waals surface area (Å²) in [5.41, 5.74) is 3.14. The molecule has 1 N–H and O–H groups in total. The second-order valence-electron chi connectivity index (χ2n) is 5.03. The largest absolute Gasteiger partial charge is 0.496 e. The van der Waals surface area contributed by atoms with Crippen molar-refractivity contribution < 1.29 is 9.13 Å². The lowest BCUT2D eigenvalue weighted by Gasteiger charge is -2.20. The topological polar surface area (TPSA) is 21.3 Å². The predicted molar refractivity (Wildman–Crippen MR) is 84.6 cm³/mol. The summed E-state index contributed by atoms with van der Waals surface area (Å²) >= 11 is 6.12. The first-order valence-electron chi connectivity index (χ1n) is 6.81. The van der Waals surface area contributed by atoms with E-state index in [0.29, 0.717) is 11.4 Å². The van der Waals surface area contributed by atoms with Crippen LogP contribution >= 0.6 is 11.6 Å². The van der Waals surface area contributed by atoms with Crippen LogP contribution < -0.4 is 10.1 Å². The van der Waals surface area contributed by atoms with Crippen LogP contribution in [0, 0.1) is 12.7 Å². The summed E-state index contributed by atoms with van der Waals surface area (Å²) in [6.45, 7) is 2.04. The lowest BCUT2D eigenvalue weighted by Crippen LogP contribution is -2.20. The first-order chi connectivity index (χ1) is 10.0. The van der Waals surface area contributed by atoms with Crippen LogP contribution in [0.15, 0.2) is 36.4 Å². The summed E-state index contributed by atoms with van der Waals surface area (Å²) in [5, 5.41) is 3.72. The number of nitrogens with one attached hydrogen (secondary N) is 1. The molecule has 2 rings (SSSR count). The van der Waals surface area contributed by atoms with E-state index in [-0.39, 0.29) is 11.9 Å². The van der Waals surface area contributed by atoms with Gasteiger partial charge in [0.2, 0.25) is 0 Å². The molecule has 0 spiro atoms. The second-order valence-corrected chi connectivity index (χ2v) is 5.43. The summed E-state index contributed by atoms with van der Waals surface area (Å²) in [7, 11) is 3.55. The van der Waals surface area contributed by atoms with Crippen LogP contribution in [0.5, 0.6) is 5.75 Å². The average Bonchev–Trinajstić information content (AvgIpc) is 2.46. The van der Waals surface area contributed by atoms with E-state index in [4.69, 9.17) is 16.3 Å². The third kappa shape index (κ3) is 3.74. The van der Waals surface area contributed by atoms with Gasteiger partial charge in [0.25, 0.3) is 0 Å². The van der Waals surface area contributed by atoms with Crippen molar-refractivity contribution in [1.82, 2.24) is 5.32 Å². The number of rotatable bonds is 5. The molecule has 2 nitrogen and oxygen atoms in total. The SMILES string of the molecule is CNC(Cc1ccc(F)cc1Cl)c1cc(C)ccc1OC. The van der Waals surface area contributed by atoms with Gasteiger partial charge in [-0.1, -0.05) is 35.4 Å². The normalized spacial score (nSPS) is 12.2. The summed E-state index contributed by atoms with van der Waals surface area (Å²) in [6.07, 6.45) is 0.662. The average molecular weight is 308 g/mol. The van der Waals surface area contributed by atoms with Gasteiger partial charge in [-0.15, -0.1) is 0 Å². The third-order valence-corrected chi connectivity index (χ3v) is 3.90. The van der Waals surface area contributed by atoms with Crippen LogP contribution in [0.3, 0.4) is 0 Å². The molecule has 0 saturated carbocycles. The molecule has 0 aliphatic carbocycles. The third-order valence-electron chi connectivity index (χ3n) is 3.55. The van der Waals surface area contributed by atoms with Crippen LogP contribution in [-0.4, -0.2) is 14.2 Å². The minimum atomic E-state index is -0.321. The van der Waals surface area contributed by atoms with E-state index in [0.717, 1.165) is 22.4 Å². The summed E-state index contributed by atoms with van der Waals surface area (Å²) in [5.74, 6) is 0.510. The van der Waals surface area contributed by atoms with Gasteiger partial charge in [-0.2, -0.15) is 0 Å². The number of aryl methyl sites for hydroxylation is 1.